The second-order valence-electron chi connectivity index (χ2n) is 10.3. The van der Waals surface area contributed by atoms with Gasteiger partial charge in [-0.2, -0.15) is 0 Å². The molecule has 9 atom stereocenters. The smallest absolute Gasteiger partial charge is 0.331 e. The molecule has 5 aliphatic carbocycles. The van der Waals surface area contributed by atoms with Crippen molar-refractivity contribution in [2.24, 2.45) is 46.8 Å². The van der Waals surface area contributed by atoms with Crippen molar-refractivity contribution >= 4 is 11.8 Å². The number of ether oxygens (including phenoxy) is 1. The quantitative estimate of drug-likeness (QED) is 0.519. The van der Waals surface area contributed by atoms with E-state index in [4.69, 9.17) is 4.74 Å². The first-order valence-corrected chi connectivity index (χ1v) is 11.3. The summed E-state index contributed by atoms with van der Waals surface area (Å²) in [7, 11) is 0. The van der Waals surface area contributed by atoms with Crippen molar-refractivity contribution in [1.29, 1.82) is 0 Å². The van der Waals surface area contributed by atoms with E-state index in [9.17, 15) is 9.59 Å². The summed E-state index contributed by atoms with van der Waals surface area (Å²) < 4.78 is 6.16. The number of carbonyl (C=O) groups is 2. The summed E-state index contributed by atoms with van der Waals surface area (Å²) >= 11 is 0. The number of hydrogen-bond acceptors (Lipinski definition) is 3. The first-order valence-electron chi connectivity index (χ1n) is 11.3. The maximum absolute atomic E-state index is 12.2. The lowest BCUT2D eigenvalue weighted by Crippen LogP contribution is -2.57. The summed E-state index contributed by atoms with van der Waals surface area (Å²) in [5.41, 5.74) is 1.15. The second kappa shape index (κ2) is 5.49. The fourth-order valence-electron chi connectivity index (χ4n) is 8.90. The van der Waals surface area contributed by atoms with E-state index in [-0.39, 0.29) is 17.0 Å². The largest absolute Gasteiger partial charge is 0.451 e. The number of allylic oxidation sites excluding steroid dienone is 2. The summed E-state index contributed by atoms with van der Waals surface area (Å²) in [5.74, 6) is 4.35. The number of ketones is 1. The molecule has 4 fully saturated rings. The lowest BCUT2D eigenvalue weighted by molar-refractivity contribution is -0.173. The molecule has 0 aromatic carbocycles. The molecule has 1 heterocycles. The highest BCUT2D eigenvalue weighted by Gasteiger charge is 2.79. The average Bonchev–Trinajstić information content (AvgIpc) is 3.34. The van der Waals surface area contributed by atoms with E-state index in [0.717, 1.165) is 32.1 Å². The van der Waals surface area contributed by atoms with Crippen molar-refractivity contribution in [3.8, 4) is 0 Å². The Morgan fingerprint density at radius 3 is 2.86 bits per heavy atom. The summed E-state index contributed by atoms with van der Waals surface area (Å²) in [6, 6.07) is 0. The predicted octanol–water partition coefficient (Wildman–Crippen LogP) is 4.64. The summed E-state index contributed by atoms with van der Waals surface area (Å²) in [6.07, 6.45) is 15.4. The molecule has 0 bridgehead atoms. The van der Waals surface area contributed by atoms with Crippen LogP contribution in [-0.2, 0) is 14.3 Å². The molecule has 1 aliphatic heterocycles. The van der Waals surface area contributed by atoms with Crippen molar-refractivity contribution in [3.63, 3.8) is 0 Å². The topological polar surface area (TPSA) is 43.4 Å². The first kappa shape index (κ1) is 17.2. The minimum Gasteiger partial charge on any atom is -0.451 e. The van der Waals surface area contributed by atoms with Crippen LogP contribution >= 0.6 is 0 Å². The van der Waals surface area contributed by atoms with Gasteiger partial charge in [-0.25, -0.2) is 4.79 Å². The van der Waals surface area contributed by atoms with Crippen molar-refractivity contribution < 1.29 is 14.3 Å². The fraction of sp³-hybridized carbons (Fsp3) is 0.680. The zero-order valence-corrected chi connectivity index (χ0v) is 16.7. The Balaban J connectivity index is 1.45. The third-order valence-corrected chi connectivity index (χ3v) is 9.78. The number of hydrogen-bond donors (Lipinski definition) is 0. The monoisotopic (exact) mass is 378 g/mol. The Kier molecular flexibility index (Phi) is 3.38. The number of rotatable bonds is 2. The molecule has 6 rings (SSSR count). The van der Waals surface area contributed by atoms with Crippen LogP contribution in [-0.4, -0.2) is 17.4 Å². The third-order valence-electron chi connectivity index (χ3n) is 9.78. The summed E-state index contributed by atoms with van der Waals surface area (Å²) in [6.45, 7) is 6.54. The standard InChI is InChI=1S/C25H30O3/c1-3-14-11-15-12-16(26)5-6-17(15)18-7-9-24(4-2)23(22(14)18)19-13-20(19)25(24)10-8-21(27)28-25/h3,8,10,12,14,17-20,22-23H,1,4-7,9,11,13H2,2H3/t14-,17+,18?,19-,20+,22?,23?,24+,25+/m1/s1. The molecule has 148 valence electrons. The molecule has 3 nitrogen and oxygen atoms in total. The molecule has 0 N–H and O–H groups in total. The molecule has 6 aliphatic rings. The van der Waals surface area contributed by atoms with E-state index in [0.29, 0.717) is 47.2 Å². The normalized spacial score (nSPS) is 53.0. The molecule has 1 spiro atoms. The van der Waals surface area contributed by atoms with Gasteiger partial charge in [-0.3, -0.25) is 4.79 Å². The molecular formula is C25H30O3. The van der Waals surface area contributed by atoms with Crippen LogP contribution in [0.25, 0.3) is 0 Å². The van der Waals surface area contributed by atoms with Crippen LogP contribution in [0.4, 0.5) is 0 Å². The van der Waals surface area contributed by atoms with Gasteiger partial charge in [0.05, 0.1) is 0 Å². The zero-order valence-electron chi connectivity index (χ0n) is 16.7. The minimum absolute atomic E-state index is 0.0946. The van der Waals surface area contributed by atoms with Crippen LogP contribution in [0, 0.1) is 46.8 Å². The van der Waals surface area contributed by atoms with Gasteiger partial charge in [0.25, 0.3) is 0 Å². The van der Waals surface area contributed by atoms with Crippen LogP contribution < -0.4 is 0 Å². The fourth-order valence-corrected chi connectivity index (χ4v) is 8.90. The summed E-state index contributed by atoms with van der Waals surface area (Å²) in [5, 5.41) is 0. The molecule has 3 unspecified atom stereocenters. The molecule has 0 amide bonds. The molecule has 0 aromatic heterocycles. The van der Waals surface area contributed by atoms with Gasteiger partial charge in [-0.05, 0) is 86.2 Å². The Morgan fingerprint density at radius 1 is 1.29 bits per heavy atom. The Bertz CT molecular complexity index is 837. The van der Waals surface area contributed by atoms with Crippen molar-refractivity contribution in [3.05, 3.63) is 36.5 Å². The van der Waals surface area contributed by atoms with E-state index < -0.39 is 0 Å². The highest BCUT2D eigenvalue weighted by molar-refractivity contribution is 5.91. The highest BCUT2D eigenvalue weighted by Crippen LogP contribution is 2.79. The van der Waals surface area contributed by atoms with Crippen molar-refractivity contribution in [1.82, 2.24) is 0 Å². The highest BCUT2D eigenvalue weighted by atomic mass is 16.6. The van der Waals surface area contributed by atoms with Crippen LogP contribution in [0.15, 0.2) is 36.5 Å². The van der Waals surface area contributed by atoms with E-state index in [1.54, 1.807) is 6.08 Å². The minimum atomic E-state index is -0.344. The lowest BCUT2D eigenvalue weighted by Gasteiger charge is -2.59. The molecular weight excluding hydrogens is 348 g/mol. The lowest BCUT2D eigenvalue weighted by atomic mass is 9.46. The van der Waals surface area contributed by atoms with Gasteiger partial charge in [-0.1, -0.05) is 18.6 Å². The van der Waals surface area contributed by atoms with Gasteiger partial charge in [-0.15, -0.1) is 6.58 Å². The van der Waals surface area contributed by atoms with E-state index in [2.05, 4.69) is 25.7 Å². The summed E-state index contributed by atoms with van der Waals surface area (Å²) in [4.78, 5) is 24.2. The van der Waals surface area contributed by atoms with Crippen molar-refractivity contribution in [2.45, 2.75) is 57.5 Å². The van der Waals surface area contributed by atoms with E-state index in [1.807, 2.05) is 6.08 Å². The van der Waals surface area contributed by atoms with Crippen LogP contribution in [0.5, 0.6) is 0 Å². The first-order chi connectivity index (χ1) is 13.5. The van der Waals surface area contributed by atoms with Gasteiger partial charge >= 0.3 is 5.97 Å². The van der Waals surface area contributed by atoms with Crippen molar-refractivity contribution in [2.75, 3.05) is 0 Å². The van der Waals surface area contributed by atoms with Crippen LogP contribution in [0.1, 0.15) is 51.9 Å². The molecule has 0 aromatic rings. The van der Waals surface area contributed by atoms with Gasteiger partial charge < -0.3 is 4.74 Å². The number of esters is 1. The van der Waals surface area contributed by atoms with Gasteiger partial charge in [0.2, 0.25) is 0 Å². The van der Waals surface area contributed by atoms with Gasteiger partial charge in [0.15, 0.2) is 5.78 Å². The molecule has 0 radical (unpaired) electrons. The predicted molar refractivity (Wildman–Crippen MR) is 106 cm³/mol. The van der Waals surface area contributed by atoms with Crippen LogP contribution in [0.3, 0.4) is 0 Å². The van der Waals surface area contributed by atoms with E-state index >= 15 is 0 Å². The Hall–Kier alpha value is -1.64. The van der Waals surface area contributed by atoms with Gasteiger partial charge in [0, 0.05) is 23.8 Å². The zero-order chi connectivity index (χ0) is 19.3. The maximum Gasteiger partial charge on any atom is 0.331 e. The molecule has 3 heteroatoms. The maximum atomic E-state index is 12.2. The SMILES string of the molecule is C=C[C@@H]1CC2=CC(=O)CC[C@@H]2C2CC[C@@]3(CC)C(C21)[C@@H]1C[C@@H]1[C@@]31C=CC(=O)O1. The second-order valence-corrected chi connectivity index (χ2v) is 10.3. The average molecular weight is 379 g/mol. The van der Waals surface area contributed by atoms with Gasteiger partial charge in [0.1, 0.15) is 5.60 Å². The molecule has 0 saturated heterocycles. The molecule has 28 heavy (non-hydrogen) atoms. The third kappa shape index (κ3) is 1.87. The Morgan fingerprint density at radius 2 is 2.14 bits per heavy atom. The molecule has 4 saturated carbocycles. The number of carbonyl (C=O) groups excluding carboxylic acids is 2. The van der Waals surface area contributed by atoms with E-state index in [1.165, 1.54) is 18.4 Å². The Labute approximate surface area is 167 Å². The number of fused-ring (bicyclic) bond motifs is 9. The van der Waals surface area contributed by atoms with Crippen LogP contribution in [0.2, 0.25) is 0 Å².